The zero-order chi connectivity index (χ0) is 22.1. The summed E-state index contributed by atoms with van der Waals surface area (Å²) < 4.78 is 5.62. The molecule has 2 unspecified atom stereocenters. The van der Waals surface area contributed by atoms with E-state index in [9.17, 15) is 14.4 Å². The van der Waals surface area contributed by atoms with Crippen LogP contribution in [0.5, 0.6) is 0 Å². The Morgan fingerprint density at radius 1 is 1.12 bits per heavy atom. The van der Waals surface area contributed by atoms with Gasteiger partial charge in [-0.05, 0) is 62.0 Å². The lowest BCUT2D eigenvalue weighted by Crippen LogP contribution is -2.46. The number of nitrogens with one attached hydrogen (secondary N) is 2. The number of rotatable bonds is 6. The maximum Gasteiger partial charge on any atom is 0.325 e. The van der Waals surface area contributed by atoms with Crippen LogP contribution >= 0.6 is 0 Å². The van der Waals surface area contributed by atoms with Crippen molar-refractivity contribution in [3.63, 3.8) is 0 Å². The lowest BCUT2D eigenvalue weighted by molar-refractivity contribution is -0.135. The topological polar surface area (TPSA) is 94.9 Å². The van der Waals surface area contributed by atoms with Gasteiger partial charge < -0.3 is 15.1 Å². The van der Waals surface area contributed by atoms with E-state index in [2.05, 4.69) is 15.5 Å². The highest BCUT2D eigenvalue weighted by Crippen LogP contribution is 2.41. The van der Waals surface area contributed by atoms with E-state index < -0.39 is 11.6 Å². The summed E-state index contributed by atoms with van der Waals surface area (Å²) in [6, 6.07) is 10.9. The van der Waals surface area contributed by atoms with Crippen LogP contribution in [0.15, 0.2) is 47.1 Å². The molecule has 2 aliphatic heterocycles. The Morgan fingerprint density at radius 3 is 2.72 bits per heavy atom. The summed E-state index contributed by atoms with van der Waals surface area (Å²) in [5.74, 6) is 0.107. The summed E-state index contributed by atoms with van der Waals surface area (Å²) in [5, 5.41) is 5.78. The quantitative estimate of drug-likeness (QED) is 0.678. The number of furan rings is 1. The third kappa shape index (κ3) is 3.58. The van der Waals surface area contributed by atoms with Crippen LogP contribution in [-0.4, -0.2) is 53.8 Å². The molecule has 0 radical (unpaired) electrons. The molecule has 0 bridgehead atoms. The lowest BCUT2D eigenvalue weighted by atomic mass is 9.92. The van der Waals surface area contributed by atoms with E-state index in [0.29, 0.717) is 13.0 Å². The van der Waals surface area contributed by atoms with Crippen LogP contribution < -0.4 is 10.6 Å². The summed E-state index contributed by atoms with van der Waals surface area (Å²) >= 11 is 0. The molecule has 1 aliphatic carbocycles. The molecule has 8 heteroatoms. The Hall–Kier alpha value is -3.13. The van der Waals surface area contributed by atoms with Gasteiger partial charge in [-0.1, -0.05) is 30.7 Å². The predicted octanol–water partition coefficient (Wildman–Crippen LogP) is 2.32. The van der Waals surface area contributed by atoms with Crippen molar-refractivity contribution >= 4 is 17.8 Å². The Labute approximate surface area is 186 Å². The van der Waals surface area contributed by atoms with Gasteiger partial charge >= 0.3 is 6.03 Å². The molecule has 3 heterocycles. The van der Waals surface area contributed by atoms with Crippen LogP contribution in [0, 0.1) is 0 Å². The third-order valence-electron chi connectivity index (χ3n) is 6.92. The van der Waals surface area contributed by atoms with Gasteiger partial charge in [0.15, 0.2) is 0 Å². The van der Waals surface area contributed by atoms with Crippen molar-refractivity contribution in [2.75, 3.05) is 26.2 Å². The molecule has 2 N–H and O–H groups in total. The molecule has 1 spiro atoms. The molecule has 8 nitrogen and oxygen atoms in total. The van der Waals surface area contributed by atoms with E-state index in [-0.39, 0.29) is 24.4 Å². The molecular formula is C24H28N4O4. The fraction of sp³-hybridized carbons (Fsp3) is 0.458. The van der Waals surface area contributed by atoms with E-state index in [1.165, 1.54) is 6.42 Å². The number of aryl methyl sites for hydroxylation is 1. The molecule has 0 saturated carbocycles. The molecule has 1 aromatic heterocycles. The molecule has 2 atom stereocenters. The molecule has 3 aliphatic rings. The SMILES string of the molecule is O=C(CN1C(=O)NC2(CCc3ccccc32)C1=O)NCC(c1ccco1)N1CCCCC1. The van der Waals surface area contributed by atoms with Gasteiger partial charge in [-0.15, -0.1) is 0 Å². The molecule has 5 rings (SSSR count). The number of likely N-dealkylation sites (tertiary alicyclic amines) is 1. The maximum absolute atomic E-state index is 13.2. The van der Waals surface area contributed by atoms with Gasteiger partial charge in [-0.2, -0.15) is 0 Å². The van der Waals surface area contributed by atoms with E-state index >= 15 is 0 Å². The zero-order valence-electron chi connectivity index (χ0n) is 18.0. The number of carbonyl (C=O) groups is 3. The number of fused-ring (bicyclic) bond motifs is 2. The van der Waals surface area contributed by atoms with Gasteiger partial charge in [0.1, 0.15) is 17.8 Å². The molecule has 4 amide bonds. The number of urea groups is 1. The second-order valence-electron chi connectivity index (χ2n) is 8.82. The number of hydrogen-bond donors (Lipinski definition) is 2. The summed E-state index contributed by atoms with van der Waals surface area (Å²) in [6.07, 6.45) is 6.34. The summed E-state index contributed by atoms with van der Waals surface area (Å²) in [7, 11) is 0. The summed E-state index contributed by atoms with van der Waals surface area (Å²) in [4.78, 5) is 42.0. The summed E-state index contributed by atoms with van der Waals surface area (Å²) in [5.41, 5.74) is 0.859. The predicted molar refractivity (Wildman–Crippen MR) is 117 cm³/mol. The van der Waals surface area contributed by atoms with Gasteiger partial charge in [0.05, 0.1) is 12.3 Å². The molecule has 168 valence electrons. The van der Waals surface area contributed by atoms with Crippen molar-refractivity contribution in [3.8, 4) is 0 Å². The number of amides is 4. The van der Waals surface area contributed by atoms with E-state index in [1.807, 2.05) is 36.4 Å². The smallest absolute Gasteiger partial charge is 0.325 e. The Kier molecular flexibility index (Phi) is 5.46. The minimum Gasteiger partial charge on any atom is -0.468 e. The van der Waals surface area contributed by atoms with Crippen LogP contribution in [-0.2, 0) is 21.5 Å². The third-order valence-corrected chi connectivity index (χ3v) is 6.92. The van der Waals surface area contributed by atoms with E-state index in [4.69, 9.17) is 4.42 Å². The molecule has 2 fully saturated rings. The lowest BCUT2D eigenvalue weighted by Gasteiger charge is -2.33. The fourth-order valence-corrected chi connectivity index (χ4v) is 5.26. The van der Waals surface area contributed by atoms with Crippen molar-refractivity contribution in [2.45, 2.75) is 43.7 Å². The number of carbonyl (C=O) groups excluding carboxylic acids is 3. The van der Waals surface area contributed by atoms with Crippen LogP contribution in [0.25, 0.3) is 0 Å². The maximum atomic E-state index is 13.2. The number of benzene rings is 1. The number of imide groups is 1. The monoisotopic (exact) mass is 436 g/mol. The average molecular weight is 437 g/mol. The second-order valence-corrected chi connectivity index (χ2v) is 8.82. The zero-order valence-corrected chi connectivity index (χ0v) is 18.0. The van der Waals surface area contributed by atoms with Crippen molar-refractivity contribution < 1.29 is 18.8 Å². The van der Waals surface area contributed by atoms with Gasteiger partial charge in [0.2, 0.25) is 5.91 Å². The number of nitrogens with zero attached hydrogens (tertiary/aromatic N) is 2. The number of hydrogen-bond acceptors (Lipinski definition) is 5. The van der Waals surface area contributed by atoms with Crippen LogP contribution in [0.2, 0.25) is 0 Å². The van der Waals surface area contributed by atoms with E-state index in [1.54, 1.807) is 6.26 Å². The molecule has 2 saturated heterocycles. The first-order chi connectivity index (χ1) is 15.6. The highest BCUT2D eigenvalue weighted by Gasteiger charge is 2.55. The standard InChI is InChI=1S/C24H28N4O4/c29-21(25-15-19(20-9-6-14-32-20)27-12-4-1-5-13-27)16-28-22(30)24(26-23(28)31)11-10-17-7-2-3-8-18(17)24/h2-3,6-9,14,19H,1,4-5,10-13,15-16H2,(H,25,29)(H,26,31). The van der Waals surface area contributed by atoms with Gasteiger partial charge in [-0.3, -0.25) is 19.4 Å². The average Bonchev–Trinajstić information content (AvgIpc) is 3.52. The molecule has 32 heavy (non-hydrogen) atoms. The van der Waals surface area contributed by atoms with E-state index in [0.717, 1.165) is 54.1 Å². The van der Waals surface area contributed by atoms with Gasteiger partial charge in [0, 0.05) is 6.54 Å². The normalized spacial score (nSPS) is 23.9. The van der Waals surface area contributed by atoms with Gasteiger partial charge in [-0.25, -0.2) is 4.79 Å². The first-order valence-corrected chi connectivity index (χ1v) is 11.4. The Morgan fingerprint density at radius 2 is 1.94 bits per heavy atom. The Balaban J connectivity index is 1.25. The van der Waals surface area contributed by atoms with Crippen molar-refractivity contribution in [3.05, 3.63) is 59.5 Å². The first kappa shape index (κ1) is 20.8. The minimum atomic E-state index is -1.04. The Bertz CT molecular complexity index is 1010. The second kappa shape index (κ2) is 8.43. The van der Waals surface area contributed by atoms with Gasteiger partial charge in [0.25, 0.3) is 5.91 Å². The van der Waals surface area contributed by atoms with Crippen LogP contribution in [0.4, 0.5) is 4.79 Å². The molecule has 1 aromatic carbocycles. The van der Waals surface area contributed by atoms with Crippen LogP contribution in [0.3, 0.4) is 0 Å². The van der Waals surface area contributed by atoms with Crippen molar-refractivity contribution in [2.24, 2.45) is 0 Å². The molecule has 2 aromatic rings. The van der Waals surface area contributed by atoms with Crippen molar-refractivity contribution in [1.29, 1.82) is 0 Å². The molecular weight excluding hydrogens is 408 g/mol. The largest absolute Gasteiger partial charge is 0.468 e. The summed E-state index contributed by atoms with van der Waals surface area (Å²) in [6.45, 7) is 1.98. The minimum absolute atomic E-state index is 0.0644. The van der Waals surface area contributed by atoms with Crippen LogP contribution in [0.1, 0.15) is 48.6 Å². The first-order valence-electron chi connectivity index (χ1n) is 11.4. The fourth-order valence-electron chi connectivity index (χ4n) is 5.26. The highest BCUT2D eigenvalue weighted by molar-refractivity contribution is 6.09. The highest BCUT2D eigenvalue weighted by atomic mass is 16.3. The number of piperidine rings is 1. The van der Waals surface area contributed by atoms with Crippen molar-refractivity contribution in [1.82, 2.24) is 20.4 Å².